The van der Waals surface area contributed by atoms with E-state index in [1.165, 1.54) is 11.3 Å². The van der Waals surface area contributed by atoms with Gasteiger partial charge in [0.25, 0.3) is 5.56 Å². The number of thiophene rings is 1. The smallest absolute Gasteiger partial charge is 0.297 e. The van der Waals surface area contributed by atoms with Crippen molar-refractivity contribution in [2.24, 2.45) is 0 Å². The van der Waals surface area contributed by atoms with Gasteiger partial charge in [0.1, 0.15) is 5.15 Å². The zero-order chi connectivity index (χ0) is 15.0. The van der Waals surface area contributed by atoms with Crippen molar-refractivity contribution in [3.8, 4) is 16.8 Å². The molecule has 0 aliphatic rings. The maximum atomic E-state index is 12.7. The summed E-state index contributed by atoms with van der Waals surface area (Å²) in [6, 6.07) is 8.53. The molecule has 2 heterocycles. The number of nitrogens with one attached hydrogen (secondary N) is 1. The zero-order valence-electron chi connectivity index (χ0n) is 10.5. The van der Waals surface area contributed by atoms with Crippen molar-refractivity contribution in [2.75, 3.05) is 0 Å². The molecule has 106 valence electrons. The molecule has 2 aromatic heterocycles. The minimum atomic E-state index is -0.584. The number of H-pyrrole nitrogens is 1. The Balaban J connectivity index is 2.38. The number of rotatable bonds is 2. The summed E-state index contributed by atoms with van der Waals surface area (Å²) in [5.41, 5.74) is 0.0631. The maximum absolute atomic E-state index is 12.7. The average Bonchev–Trinajstić information content (AvgIpc) is 2.94. The Morgan fingerprint density at radius 1 is 1.10 bits per heavy atom. The van der Waals surface area contributed by atoms with Crippen LogP contribution in [-0.2, 0) is 0 Å². The van der Waals surface area contributed by atoms with E-state index < -0.39 is 11.2 Å². The van der Waals surface area contributed by atoms with Crippen molar-refractivity contribution in [3.05, 3.63) is 72.1 Å². The third-order valence-corrected chi connectivity index (χ3v) is 4.25. The molecule has 0 saturated carbocycles. The molecule has 0 fully saturated rings. The number of aromatic amines is 1. The first-order valence-electron chi connectivity index (χ1n) is 5.92. The van der Waals surface area contributed by atoms with Crippen LogP contribution in [0.4, 0.5) is 0 Å². The van der Waals surface area contributed by atoms with E-state index in [1.807, 2.05) is 0 Å². The number of benzene rings is 1. The Morgan fingerprint density at radius 3 is 2.52 bits per heavy atom. The largest absolute Gasteiger partial charge is 0.334 e. The van der Waals surface area contributed by atoms with Gasteiger partial charge in [-0.25, -0.2) is 9.36 Å². The van der Waals surface area contributed by atoms with Crippen molar-refractivity contribution >= 4 is 34.5 Å². The summed E-state index contributed by atoms with van der Waals surface area (Å²) in [4.78, 5) is 27.2. The lowest BCUT2D eigenvalue weighted by Gasteiger charge is -2.09. The van der Waals surface area contributed by atoms with Crippen LogP contribution in [0.5, 0.6) is 0 Å². The van der Waals surface area contributed by atoms with E-state index in [2.05, 4.69) is 4.98 Å². The summed E-state index contributed by atoms with van der Waals surface area (Å²) in [6.07, 6.45) is 0. The Bertz CT molecular complexity index is 913. The fraction of sp³-hybridized carbons (Fsp3) is 0. The quantitative estimate of drug-likeness (QED) is 0.726. The summed E-state index contributed by atoms with van der Waals surface area (Å²) >= 11 is 13.6. The van der Waals surface area contributed by atoms with Gasteiger partial charge >= 0.3 is 5.69 Å². The fourth-order valence-electron chi connectivity index (χ4n) is 2.03. The summed E-state index contributed by atoms with van der Waals surface area (Å²) in [7, 11) is 0. The minimum absolute atomic E-state index is 0.0235. The number of nitrogens with zero attached hydrogens (tertiary/aromatic N) is 1. The maximum Gasteiger partial charge on any atom is 0.334 e. The van der Waals surface area contributed by atoms with E-state index in [0.29, 0.717) is 16.3 Å². The van der Waals surface area contributed by atoms with Crippen LogP contribution >= 0.6 is 34.5 Å². The second-order valence-corrected chi connectivity index (χ2v) is 5.79. The zero-order valence-corrected chi connectivity index (χ0v) is 12.8. The van der Waals surface area contributed by atoms with Crippen LogP contribution in [-0.4, -0.2) is 9.55 Å². The first-order valence-corrected chi connectivity index (χ1v) is 7.62. The van der Waals surface area contributed by atoms with Crippen molar-refractivity contribution < 1.29 is 0 Å². The molecule has 0 aliphatic carbocycles. The van der Waals surface area contributed by atoms with Crippen LogP contribution in [0.1, 0.15) is 0 Å². The van der Waals surface area contributed by atoms with E-state index >= 15 is 0 Å². The number of hydrogen-bond donors (Lipinski definition) is 1. The van der Waals surface area contributed by atoms with Crippen LogP contribution in [0.15, 0.2) is 50.7 Å². The molecule has 4 nitrogen and oxygen atoms in total. The number of halogens is 2. The fourth-order valence-corrected chi connectivity index (χ4v) is 3.14. The lowest BCUT2D eigenvalue weighted by Crippen LogP contribution is -2.34. The first-order chi connectivity index (χ1) is 10.1. The highest BCUT2D eigenvalue weighted by Gasteiger charge is 2.17. The van der Waals surface area contributed by atoms with E-state index in [1.54, 1.807) is 41.1 Å². The Morgan fingerprint density at radius 2 is 1.86 bits per heavy atom. The molecule has 0 spiro atoms. The van der Waals surface area contributed by atoms with Crippen molar-refractivity contribution in [1.82, 2.24) is 9.55 Å². The van der Waals surface area contributed by atoms with Gasteiger partial charge in [0.05, 0.1) is 11.3 Å². The second kappa shape index (κ2) is 5.52. The highest BCUT2D eigenvalue weighted by atomic mass is 35.5. The third-order valence-electron chi connectivity index (χ3n) is 2.96. The van der Waals surface area contributed by atoms with Gasteiger partial charge in [-0.1, -0.05) is 41.4 Å². The predicted octanol–water partition coefficient (Wildman–Crippen LogP) is 3.56. The van der Waals surface area contributed by atoms with Gasteiger partial charge in [-0.3, -0.25) is 9.78 Å². The van der Waals surface area contributed by atoms with Crippen LogP contribution in [0.2, 0.25) is 10.2 Å². The molecule has 0 atom stereocenters. The normalized spacial score (nSPS) is 10.8. The molecule has 0 amide bonds. The van der Waals surface area contributed by atoms with Gasteiger partial charge in [-0.15, -0.1) is 0 Å². The third kappa shape index (κ3) is 2.44. The molecular formula is C14H8Cl2N2O2S. The highest BCUT2D eigenvalue weighted by Crippen LogP contribution is 2.28. The summed E-state index contributed by atoms with van der Waals surface area (Å²) in [5.74, 6) is 0. The minimum Gasteiger partial charge on any atom is -0.297 e. The first kappa shape index (κ1) is 14.1. The molecule has 21 heavy (non-hydrogen) atoms. The van der Waals surface area contributed by atoms with Gasteiger partial charge in [0.2, 0.25) is 0 Å². The van der Waals surface area contributed by atoms with Gasteiger partial charge in [0.15, 0.2) is 0 Å². The van der Waals surface area contributed by atoms with Crippen LogP contribution in [0.25, 0.3) is 16.8 Å². The predicted molar refractivity (Wildman–Crippen MR) is 86.0 cm³/mol. The van der Waals surface area contributed by atoms with Crippen molar-refractivity contribution in [1.29, 1.82) is 0 Å². The Kier molecular flexibility index (Phi) is 3.71. The van der Waals surface area contributed by atoms with E-state index in [4.69, 9.17) is 23.2 Å². The topological polar surface area (TPSA) is 54.9 Å². The number of hydrogen-bond acceptors (Lipinski definition) is 3. The summed E-state index contributed by atoms with van der Waals surface area (Å²) in [5, 5.41) is 3.86. The molecule has 7 heteroatoms. The van der Waals surface area contributed by atoms with Crippen molar-refractivity contribution in [2.45, 2.75) is 0 Å². The molecule has 1 N–H and O–H groups in total. The van der Waals surface area contributed by atoms with Crippen LogP contribution < -0.4 is 11.2 Å². The molecule has 0 aliphatic heterocycles. The molecule has 0 bridgehead atoms. The lowest BCUT2D eigenvalue weighted by atomic mass is 10.1. The van der Waals surface area contributed by atoms with E-state index in [9.17, 15) is 9.59 Å². The second-order valence-electron chi connectivity index (χ2n) is 4.22. The van der Waals surface area contributed by atoms with E-state index in [-0.39, 0.29) is 10.7 Å². The summed E-state index contributed by atoms with van der Waals surface area (Å²) in [6.45, 7) is 0. The van der Waals surface area contributed by atoms with Crippen LogP contribution in [0.3, 0.4) is 0 Å². The monoisotopic (exact) mass is 338 g/mol. The van der Waals surface area contributed by atoms with Gasteiger partial charge < -0.3 is 0 Å². The Labute approximate surface area is 133 Å². The molecule has 0 radical (unpaired) electrons. The molecular weight excluding hydrogens is 331 g/mol. The van der Waals surface area contributed by atoms with Gasteiger partial charge in [0, 0.05) is 16.0 Å². The molecule has 3 aromatic rings. The lowest BCUT2D eigenvalue weighted by molar-refractivity contribution is 0.883. The highest BCUT2D eigenvalue weighted by molar-refractivity contribution is 7.08. The number of aromatic nitrogens is 2. The van der Waals surface area contributed by atoms with Gasteiger partial charge in [-0.2, -0.15) is 11.3 Å². The van der Waals surface area contributed by atoms with Crippen molar-refractivity contribution in [3.63, 3.8) is 0 Å². The SMILES string of the molecule is O=c1[nH]c(Cl)c(-c2ccccc2Cl)c(=O)n1-c1ccsc1. The van der Waals surface area contributed by atoms with Crippen LogP contribution in [0, 0.1) is 0 Å². The van der Waals surface area contributed by atoms with E-state index in [0.717, 1.165) is 4.57 Å². The molecule has 3 rings (SSSR count). The Hall–Kier alpha value is -1.82. The molecule has 0 unspecified atom stereocenters. The average molecular weight is 339 g/mol. The summed E-state index contributed by atoms with van der Waals surface area (Å²) < 4.78 is 1.04. The molecule has 1 aromatic carbocycles. The molecule has 0 saturated heterocycles. The standard InChI is InChI=1S/C14H8Cl2N2O2S/c15-10-4-2-1-3-9(10)11-12(16)17-14(20)18(13(11)19)8-5-6-21-7-8/h1-7H,(H,17,20). The van der Waals surface area contributed by atoms with Gasteiger partial charge in [-0.05, 0) is 17.5 Å².